The summed E-state index contributed by atoms with van der Waals surface area (Å²) in [6, 6.07) is 12.0. The van der Waals surface area contributed by atoms with E-state index < -0.39 is 0 Å². The number of nitrogens with one attached hydrogen (secondary N) is 1. The van der Waals surface area contributed by atoms with E-state index in [-0.39, 0.29) is 5.91 Å². The van der Waals surface area contributed by atoms with Crippen LogP contribution in [0.15, 0.2) is 42.6 Å². The van der Waals surface area contributed by atoms with Gasteiger partial charge in [-0.25, -0.2) is 4.98 Å². The minimum absolute atomic E-state index is 0.0609. The van der Waals surface area contributed by atoms with Gasteiger partial charge in [-0.1, -0.05) is 0 Å². The molecule has 2 aromatic rings. The van der Waals surface area contributed by atoms with Gasteiger partial charge in [0.15, 0.2) is 0 Å². The fourth-order valence-electron chi connectivity index (χ4n) is 3.28. The lowest BCUT2D eigenvalue weighted by Gasteiger charge is -2.32. The number of nitrogens with zero attached hydrogens (tertiary/aromatic N) is 4. The third kappa shape index (κ3) is 4.77. The lowest BCUT2D eigenvalue weighted by Crippen LogP contribution is -2.47. The molecule has 144 valence electrons. The molecule has 1 aliphatic heterocycles. The van der Waals surface area contributed by atoms with Gasteiger partial charge in [-0.15, -0.1) is 0 Å². The maximum Gasteiger partial charge on any atom is 0.255 e. The largest absolute Gasteiger partial charge is 0.372 e. The van der Waals surface area contributed by atoms with Crippen LogP contribution in [0.4, 0.5) is 17.2 Å². The van der Waals surface area contributed by atoms with Gasteiger partial charge in [0.1, 0.15) is 5.82 Å². The number of carbonyl (C=O) groups is 1. The zero-order valence-corrected chi connectivity index (χ0v) is 16.5. The Kier molecular flexibility index (Phi) is 6.29. The second kappa shape index (κ2) is 8.86. The smallest absolute Gasteiger partial charge is 0.255 e. The van der Waals surface area contributed by atoms with Crippen LogP contribution in [0.2, 0.25) is 0 Å². The molecule has 1 fully saturated rings. The van der Waals surface area contributed by atoms with E-state index in [1.54, 1.807) is 6.20 Å². The summed E-state index contributed by atoms with van der Waals surface area (Å²) in [5.74, 6) is 0.797. The molecule has 0 spiro atoms. The van der Waals surface area contributed by atoms with Crippen LogP contribution in [0.3, 0.4) is 0 Å². The van der Waals surface area contributed by atoms with Crippen LogP contribution in [0.5, 0.6) is 0 Å². The van der Waals surface area contributed by atoms with Gasteiger partial charge in [-0.05, 0) is 57.3 Å². The van der Waals surface area contributed by atoms with Crippen molar-refractivity contribution in [2.45, 2.75) is 13.8 Å². The van der Waals surface area contributed by atoms with Crippen molar-refractivity contribution < 1.29 is 4.79 Å². The SMILES string of the molecule is CCN(CC)c1ccc(Nc2ccc(C(=O)N3CCN(C)CC3)cn2)cc1. The molecule has 1 aromatic heterocycles. The molecule has 6 heteroatoms. The van der Waals surface area contributed by atoms with E-state index in [1.807, 2.05) is 17.0 Å². The second-order valence-corrected chi connectivity index (χ2v) is 6.87. The minimum Gasteiger partial charge on any atom is -0.372 e. The highest BCUT2D eigenvalue weighted by Crippen LogP contribution is 2.20. The molecule has 1 aliphatic rings. The normalized spacial score (nSPS) is 14.9. The monoisotopic (exact) mass is 367 g/mol. The predicted molar refractivity (Wildman–Crippen MR) is 111 cm³/mol. The third-order valence-corrected chi connectivity index (χ3v) is 5.07. The lowest BCUT2D eigenvalue weighted by molar-refractivity contribution is 0.0663. The van der Waals surface area contributed by atoms with Gasteiger partial charge in [-0.2, -0.15) is 0 Å². The number of likely N-dealkylation sites (N-methyl/N-ethyl adjacent to an activating group) is 1. The van der Waals surface area contributed by atoms with Crippen LogP contribution in [-0.4, -0.2) is 67.0 Å². The van der Waals surface area contributed by atoms with E-state index in [0.717, 1.165) is 50.8 Å². The first-order valence-corrected chi connectivity index (χ1v) is 9.66. The predicted octanol–water partition coefficient (Wildman–Crippen LogP) is 3.06. The molecule has 0 saturated carbocycles. The molecule has 0 unspecified atom stereocenters. The molecule has 2 heterocycles. The van der Waals surface area contributed by atoms with Gasteiger partial charge in [-0.3, -0.25) is 4.79 Å². The van der Waals surface area contributed by atoms with Crippen molar-refractivity contribution in [2.24, 2.45) is 0 Å². The van der Waals surface area contributed by atoms with Crippen molar-refractivity contribution in [3.05, 3.63) is 48.2 Å². The summed E-state index contributed by atoms with van der Waals surface area (Å²) in [5.41, 5.74) is 2.84. The average Bonchev–Trinajstić information content (AvgIpc) is 2.71. The maximum absolute atomic E-state index is 12.6. The van der Waals surface area contributed by atoms with Crippen LogP contribution in [-0.2, 0) is 0 Å². The Morgan fingerprint density at radius 3 is 2.26 bits per heavy atom. The topological polar surface area (TPSA) is 51.7 Å². The van der Waals surface area contributed by atoms with Crippen LogP contribution >= 0.6 is 0 Å². The lowest BCUT2D eigenvalue weighted by atomic mass is 10.2. The highest BCUT2D eigenvalue weighted by Gasteiger charge is 2.20. The van der Waals surface area contributed by atoms with Gasteiger partial charge < -0.3 is 20.0 Å². The Labute approximate surface area is 161 Å². The summed E-state index contributed by atoms with van der Waals surface area (Å²) in [6.45, 7) is 9.68. The number of aromatic nitrogens is 1. The van der Waals surface area contributed by atoms with E-state index >= 15 is 0 Å². The van der Waals surface area contributed by atoms with Crippen molar-refractivity contribution in [3.8, 4) is 0 Å². The van der Waals surface area contributed by atoms with E-state index in [0.29, 0.717) is 5.56 Å². The molecule has 27 heavy (non-hydrogen) atoms. The Morgan fingerprint density at radius 1 is 1.04 bits per heavy atom. The summed E-state index contributed by atoms with van der Waals surface area (Å²) < 4.78 is 0. The van der Waals surface area contributed by atoms with E-state index in [4.69, 9.17) is 0 Å². The molecule has 1 aromatic carbocycles. The van der Waals surface area contributed by atoms with Crippen LogP contribution in [0.25, 0.3) is 0 Å². The molecule has 1 saturated heterocycles. The molecule has 0 aliphatic carbocycles. The average molecular weight is 367 g/mol. The summed E-state index contributed by atoms with van der Waals surface area (Å²) >= 11 is 0. The Hall–Kier alpha value is -2.60. The Bertz CT molecular complexity index is 732. The van der Waals surface area contributed by atoms with Crippen molar-refractivity contribution >= 4 is 23.1 Å². The van der Waals surface area contributed by atoms with Crippen molar-refractivity contribution in [2.75, 3.05) is 56.5 Å². The Balaban J connectivity index is 1.61. The number of rotatable bonds is 6. The van der Waals surface area contributed by atoms with Crippen LogP contribution in [0, 0.1) is 0 Å². The van der Waals surface area contributed by atoms with Gasteiger partial charge in [0.05, 0.1) is 5.56 Å². The fourth-order valence-corrected chi connectivity index (χ4v) is 3.28. The van der Waals surface area contributed by atoms with Gasteiger partial charge in [0.2, 0.25) is 0 Å². The second-order valence-electron chi connectivity index (χ2n) is 6.87. The summed E-state index contributed by atoms with van der Waals surface area (Å²) in [7, 11) is 2.08. The molecule has 0 bridgehead atoms. The number of amides is 1. The first-order valence-electron chi connectivity index (χ1n) is 9.66. The quantitative estimate of drug-likeness (QED) is 0.850. The van der Waals surface area contributed by atoms with E-state index in [9.17, 15) is 4.79 Å². The van der Waals surface area contributed by atoms with Crippen molar-refractivity contribution in [1.29, 1.82) is 0 Å². The first kappa shape index (κ1) is 19.2. The van der Waals surface area contributed by atoms with Gasteiger partial charge >= 0.3 is 0 Å². The molecule has 0 atom stereocenters. The molecular formula is C21H29N5O. The highest BCUT2D eigenvalue weighted by molar-refractivity contribution is 5.94. The number of hydrogen-bond donors (Lipinski definition) is 1. The fraction of sp³-hybridized carbons (Fsp3) is 0.429. The van der Waals surface area contributed by atoms with Crippen LogP contribution < -0.4 is 10.2 Å². The number of carbonyl (C=O) groups excluding carboxylic acids is 1. The molecule has 1 amide bonds. The first-order chi connectivity index (χ1) is 13.1. The number of benzene rings is 1. The maximum atomic E-state index is 12.6. The number of hydrogen-bond acceptors (Lipinski definition) is 5. The Morgan fingerprint density at radius 2 is 1.70 bits per heavy atom. The van der Waals surface area contributed by atoms with Gasteiger partial charge in [0, 0.05) is 56.8 Å². The van der Waals surface area contributed by atoms with Crippen molar-refractivity contribution in [1.82, 2.24) is 14.8 Å². The number of piperazine rings is 1. The molecule has 0 radical (unpaired) electrons. The number of pyridine rings is 1. The molecule has 6 nitrogen and oxygen atoms in total. The van der Waals surface area contributed by atoms with E-state index in [2.05, 4.69) is 65.3 Å². The molecular weight excluding hydrogens is 338 g/mol. The van der Waals surface area contributed by atoms with E-state index in [1.165, 1.54) is 5.69 Å². The molecule has 3 rings (SSSR count). The zero-order chi connectivity index (χ0) is 19.2. The summed E-state index contributed by atoms with van der Waals surface area (Å²) in [5, 5.41) is 3.30. The van der Waals surface area contributed by atoms with Crippen LogP contribution in [0.1, 0.15) is 24.2 Å². The zero-order valence-electron chi connectivity index (χ0n) is 16.5. The molecule has 1 N–H and O–H groups in total. The third-order valence-electron chi connectivity index (χ3n) is 5.07. The summed E-state index contributed by atoms with van der Waals surface area (Å²) in [6.07, 6.45) is 1.66. The van der Waals surface area contributed by atoms with Crippen molar-refractivity contribution in [3.63, 3.8) is 0 Å². The highest BCUT2D eigenvalue weighted by atomic mass is 16.2. The number of anilines is 3. The minimum atomic E-state index is 0.0609. The summed E-state index contributed by atoms with van der Waals surface area (Å²) in [4.78, 5) is 23.4. The van der Waals surface area contributed by atoms with Gasteiger partial charge in [0.25, 0.3) is 5.91 Å². The standard InChI is InChI=1S/C21H29N5O/c1-4-25(5-2)19-9-7-18(8-10-19)23-20-11-6-17(16-22-20)21(27)26-14-12-24(3)13-15-26/h6-11,16H,4-5,12-15H2,1-3H3,(H,22,23).